The number of pyridine rings is 1. The first-order valence-corrected chi connectivity index (χ1v) is 6.73. The summed E-state index contributed by atoms with van der Waals surface area (Å²) in [6.45, 7) is 3.88. The van der Waals surface area contributed by atoms with Crippen LogP contribution in [-0.4, -0.2) is 25.2 Å². The molecule has 2 heterocycles. The highest BCUT2D eigenvalue weighted by Crippen LogP contribution is 2.21. The summed E-state index contributed by atoms with van der Waals surface area (Å²) in [4.78, 5) is 8.87. The Kier molecular flexibility index (Phi) is 3.22. The number of aliphatic hydroxyl groups is 1. The highest BCUT2D eigenvalue weighted by Gasteiger charge is 2.16. The van der Waals surface area contributed by atoms with Gasteiger partial charge in [-0.15, -0.1) is 0 Å². The first kappa shape index (κ1) is 13.7. The number of hydrogen-bond donors (Lipinski definition) is 1. The van der Waals surface area contributed by atoms with E-state index in [0.29, 0.717) is 12.2 Å². The number of nitrogens with zero attached hydrogens (tertiary/aromatic N) is 3. The molecule has 0 aliphatic heterocycles. The van der Waals surface area contributed by atoms with Crippen LogP contribution in [0.2, 0.25) is 0 Å². The topological polar surface area (TPSA) is 50.9 Å². The third-order valence-electron chi connectivity index (χ3n) is 3.16. The van der Waals surface area contributed by atoms with E-state index in [9.17, 15) is 9.50 Å². The summed E-state index contributed by atoms with van der Waals surface area (Å²) < 4.78 is 14.8. The van der Waals surface area contributed by atoms with Crippen molar-refractivity contribution in [2.24, 2.45) is 0 Å². The monoisotopic (exact) mass is 285 g/mol. The van der Waals surface area contributed by atoms with Gasteiger partial charge in [0.2, 0.25) is 0 Å². The summed E-state index contributed by atoms with van der Waals surface area (Å²) in [6, 6.07) is 9.95. The van der Waals surface area contributed by atoms with Crippen molar-refractivity contribution in [3.63, 3.8) is 0 Å². The predicted molar refractivity (Wildman–Crippen MR) is 79.2 cm³/mol. The molecule has 0 aliphatic rings. The second-order valence-corrected chi connectivity index (χ2v) is 5.73. The predicted octanol–water partition coefficient (Wildman–Crippen LogP) is 3.01. The third kappa shape index (κ3) is 2.92. The minimum Gasteiger partial charge on any atom is -0.389 e. The quantitative estimate of drug-likeness (QED) is 0.804. The molecular weight excluding hydrogens is 269 g/mol. The lowest BCUT2D eigenvalue weighted by Gasteiger charge is -2.17. The van der Waals surface area contributed by atoms with Gasteiger partial charge in [0, 0.05) is 5.56 Å². The van der Waals surface area contributed by atoms with Gasteiger partial charge in [0.1, 0.15) is 11.3 Å². The zero-order valence-electron chi connectivity index (χ0n) is 11.9. The maximum absolute atomic E-state index is 13.0. The number of halogens is 1. The van der Waals surface area contributed by atoms with Crippen molar-refractivity contribution in [2.45, 2.75) is 26.0 Å². The molecule has 0 amide bonds. The van der Waals surface area contributed by atoms with Gasteiger partial charge in [-0.05, 0) is 50.2 Å². The van der Waals surface area contributed by atoms with E-state index in [0.717, 1.165) is 16.8 Å². The first-order valence-electron chi connectivity index (χ1n) is 6.73. The molecule has 0 atom stereocenters. The fourth-order valence-corrected chi connectivity index (χ4v) is 2.25. The Morgan fingerprint density at radius 3 is 2.52 bits per heavy atom. The molecule has 0 aliphatic carbocycles. The maximum atomic E-state index is 13.0. The molecule has 3 aromatic rings. The maximum Gasteiger partial charge on any atom is 0.160 e. The molecule has 0 saturated carbocycles. The van der Waals surface area contributed by atoms with Gasteiger partial charge in [-0.2, -0.15) is 0 Å². The van der Waals surface area contributed by atoms with Gasteiger partial charge in [-0.3, -0.25) is 0 Å². The minimum atomic E-state index is -0.846. The van der Waals surface area contributed by atoms with Gasteiger partial charge in [-0.25, -0.2) is 14.4 Å². The van der Waals surface area contributed by atoms with E-state index in [-0.39, 0.29) is 5.82 Å². The summed E-state index contributed by atoms with van der Waals surface area (Å²) in [5.74, 6) is -0.271. The van der Waals surface area contributed by atoms with Crippen molar-refractivity contribution in [2.75, 3.05) is 0 Å². The van der Waals surface area contributed by atoms with Gasteiger partial charge in [0.05, 0.1) is 24.2 Å². The van der Waals surface area contributed by atoms with Crippen molar-refractivity contribution in [3.05, 3.63) is 48.5 Å². The Balaban J connectivity index is 2.06. The SMILES string of the molecule is CC(C)(O)Cn1cnc2ccc(-c3ccc(F)cc3)nc21. The van der Waals surface area contributed by atoms with Crippen molar-refractivity contribution in [1.29, 1.82) is 0 Å². The molecule has 0 fully saturated rings. The summed E-state index contributed by atoms with van der Waals surface area (Å²) in [5.41, 5.74) is 2.22. The van der Waals surface area contributed by atoms with E-state index in [1.165, 1.54) is 12.1 Å². The van der Waals surface area contributed by atoms with Crippen LogP contribution in [0, 0.1) is 5.82 Å². The van der Waals surface area contributed by atoms with Crippen LogP contribution in [0.15, 0.2) is 42.7 Å². The minimum absolute atomic E-state index is 0.271. The standard InChI is InChI=1S/C16H16FN3O/c1-16(2,21)9-20-10-18-14-8-7-13(19-15(14)20)11-3-5-12(17)6-4-11/h3-8,10,21H,9H2,1-2H3. The first-order chi connectivity index (χ1) is 9.92. The zero-order valence-corrected chi connectivity index (χ0v) is 11.9. The molecule has 0 bridgehead atoms. The van der Waals surface area contributed by atoms with E-state index >= 15 is 0 Å². The van der Waals surface area contributed by atoms with Crippen LogP contribution in [0.25, 0.3) is 22.4 Å². The van der Waals surface area contributed by atoms with Gasteiger partial charge in [0.25, 0.3) is 0 Å². The fourth-order valence-electron chi connectivity index (χ4n) is 2.25. The Hall–Kier alpha value is -2.27. The van der Waals surface area contributed by atoms with Crippen LogP contribution in [0.3, 0.4) is 0 Å². The Bertz CT molecular complexity index is 772. The molecule has 1 aromatic carbocycles. The number of aromatic nitrogens is 3. The Morgan fingerprint density at radius 2 is 1.86 bits per heavy atom. The molecular formula is C16H16FN3O. The lowest BCUT2D eigenvalue weighted by molar-refractivity contribution is 0.0625. The largest absolute Gasteiger partial charge is 0.389 e. The summed E-state index contributed by atoms with van der Waals surface area (Å²) in [6.07, 6.45) is 1.67. The summed E-state index contributed by atoms with van der Waals surface area (Å²) >= 11 is 0. The number of imidazole rings is 1. The van der Waals surface area contributed by atoms with Gasteiger partial charge in [-0.1, -0.05) is 0 Å². The smallest absolute Gasteiger partial charge is 0.160 e. The van der Waals surface area contributed by atoms with Crippen LogP contribution >= 0.6 is 0 Å². The number of benzene rings is 1. The molecule has 108 valence electrons. The van der Waals surface area contributed by atoms with Crippen LogP contribution in [0.5, 0.6) is 0 Å². The normalized spacial score (nSPS) is 12.0. The highest BCUT2D eigenvalue weighted by molar-refractivity contribution is 5.75. The molecule has 2 aromatic heterocycles. The van der Waals surface area contributed by atoms with Gasteiger partial charge >= 0.3 is 0 Å². The third-order valence-corrected chi connectivity index (χ3v) is 3.16. The van der Waals surface area contributed by atoms with E-state index < -0.39 is 5.60 Å². The molecule has 0 saturated heterocycles. The van der Waals surface area contributed by atoms with E-state index in [4.69, 9.17) is 0 Å². The van der Waals surface area contributed by atoms with Crippen molar-refractivity contribution in [3.8, 4) is 11.3 Å². The summed E-state index contributed by atoms with van der Waals surface area (Å²) in [5, 5.41) is 9.95. The molecule has 0 unspecified atom stereocenters. The molecule has 3 rings (SSSR count). The van der Waals surface area contributed by atoms with Gasteiger partial charge in [0.15, 0.2) is 5.65 Å². The van der Waals surface area contributed by atoms with Gasteiger partial charge < -0.3 is 9.67 Å². The number of hydrogen-bond acceptors (Lipinski definition) is 3. The molecule has 0 spiro atoms. The average Bonchev–Trinajstić information content (AvgIpc) is 2.80. The summed E-state index contributed by atoms with van der Waals surface area (Å²) in [7, 11) is 0. The average molecular weight is 285 g/mol. The molecule has 5 heteroatoms. The lowest BCUT2D eigenvalue weighted by atomic mass is 10.1. The van der Waals surface area contributed by atoms with Crippen molar-refractivity contribution < 1.29 is 9.50 Å². The van der Waals surface area contributed by atoms with E-state index in [2.05, 4.69) is 9.97 Å². The lowest BCUT2D eigenvalue weighted by Crippen LogP contribution is -2.25. The molecule has 1 N–H and O–H groups in total. The second kappa shape index (κ2) is 4.93. The Morgan fingerprint density at radius 1 is 1.14 bits per heavy atom. The molecule has 4 nitrogen and oxygen atoms in total. The second-order valence-electron chi connectivity index (χ2n) is 5.73. The highest BCUT2D eigenvalue weighted by atomic mass is 19.1. The van der Waals surface area contributed by atoms with E-state index in [1.54, 1.807) is 32.3 Å². The van der Waals surface area contributed by atoms with Crippen LogP contribution in [0.1, 0.15) is 13.8 Å². The van der Waals surface area contributed by atoms with Crippen LogP contribution in [-0.2, 0) is 6.54 Å². The fraction of sp³-hybridized carbons (Fsp3) is 0.250. The number of fused-ring (bicyclic) bond motifs is 1. The Labute approximate surface area is 121 Å². The zero-order chi connectivity index (χ0) is 15.0. The van der Waals surface area contributed by atoms with Crippen LogP contribution < -0.4 is 0 Å². The van der Waals surface area contributed by atoms with E-state index in [1.807, 2.05) is 16.7 Å². The molecule has 0 radical (unpaired) electrons. The molecule has 21 heavy (non-hydrogen) atoms. The van der Waals surface area contributed by atoms with Crippen molar-refractivity contribution in [1.82, 2.24) is 14.5 Å². The number of rotatable bonds is 3. The van der Waals surface area contributed by atoms with Crippen LogP contribution in [0.4, 0.5) is 4.39 Å². The van der Waals surface area contributed by atoms with Crippen molar-refractivity contribution >= 4 is 11.2 Å².